The Morgan fingerprint density at radius 3 is 2.46 bits per heavy atom. The van der Waals surface area contributed by atoms with Gasteiger partial charge in [0, 0.05) is 47.7 Å². The number of hydrogen-bond donors (Lipinski definition) is 2. The number of rotatable bonds is 7. The Morgan fingerprint density at radius 1 is 1.12 bits per heavy atom. The summed E-state index contributed by atoms with van der Waals surface area (Å²) in [7, 11) is 0. The molecule has 6 heteroatoms. The highest BCUT2D eigenvalue weighted by Gasteiger charge is 2.08. The van der Waals surface area contributed by atoms with Crippen LogP contribution in [-0.2, 0) is 11.3 Å². The SMILES string of the molecule is OCC(COCc1ccc(C#Cc2ccc(O)cc2)cn1)CSF. The van der Waals surface area contributed by atoms with Crippen LogP contribution in [0.4, 0.5) is 3.89 Å². The minimum absolute atomic E-state index is 0.101. The highest BCUT2D eigenvalue weighted by Crippen LogP contribution is 2.11. The standard InChI is InChI=1S/C18H18FNO3S/c19-24-13-16(10-21)11-23-12-17-6-3-15(9-20-17)2-1-14-4-7-18(22)8-5-14/h3-9,16,21-22H,10-13H2. The van der Waals surface area contributed by atoms with Gasteiger partial charge in [-0.15, -0.1) is 0 Å². The summed E-state index contributed by atoms with van der Waals surface area (Å²) in [4.78, 5) is 4.26. The number of pyridine rings is 1. The highest BCUT2D eigenvalue weighted by molar-refractivity contribution is 7.94. The van der Waals surface area contributed by atoms with E-state index in [0.29, 0.717) is 6.61 Å². The van der Waals surface area contributed by atoms with Gasteiger partial charge >= 0.3 is 0 Å². The lowest BCUT2D eigenvalue weighted by atomic mass is 10.2. The maximum atomic E-state index is 12.2. The van der Waals surface area contributed by atoms with Crippen molar-refractivity contribution in [3.63, 3.8) is 0 Å². The van der Waals surface area contributed by atoms with Crippen molar-refractivity contribution in [2.75, 3.05) is 19.0 Å². The molecule has 1 aromatic heterocycles. The first-order valence-electron chi connectivity index (χ1n) is 7.39. The van der Waals surface area contributed by atoms with E-state index in [0.717, 1.165) is 16.8 Å². The number of hydrogen-bond acceptors (Lipinski definition) is 5. The van der Waals surface area contributed by atoms with Gasteiger partial charge in [0.1, 0.15) is 5.75 Å². The molecule has 1 aromatic carbocycles. The quantitative estimate of drug-likeness (QED) is 0.754. The summed E-state index contributed by atoms with van der Waals surface area (Å²) < 4.78 is 17.6. The predicted molar refractivity (Wildman–Crippen MR) is 92.1 cm³/mol. The number of aliphatic hydroxyl groups is 1. The van der Waals surface area contributed by atoms with Gasteiger partial charge in [0.05, 0.1) is 18.9 Å². The number of aromatic nitrogens is 1. The van der Waals surface area contributed by atoms with Crippen molar-refractivity contribution < 1.29 is 18.8 Å². The van der Waals surface area contributed by atoms with Crippen LogP contribution in [0.15, 0.2) is 42.6 Å². The van der Waals surface area contributed by atoms with Gasteiger partial charge in [0.25, 0.3) is 0 Å². The molecule has 0 bridgehead atoms. The number of phenolic OH excluding ortho intramolecular Hbond substituents is 1. The first kappa shape index (κ1) is 18.3. The van der Waals surface area contributed by atoms with Gasteiger partial charge < -0.3 is 14.9 Å². The molecule has 2 rings (SSSR count). The molecule has 0 aliphatic carbocycles. The molecule has 24 heavy (non-hydrogen) atoms. The normalized spacial score (nSPS) is 11.6. The van der Waals surface area contributed by atoms with E-state index in [1.54, 1.807) is 30.5 Å². The second-order valence-corrected chi connectivity index (χ2v) is 5.73. The topological polar surface area (TPSA) is 62.6 Å². The Kier molecular flexibility index (Phi) is 7.56. The average molecular weight is 347 g/mol. The summed E-state index contributed by atoms with van der Waals surface area (Å²) in [5.74, 6) is 6.20. The molecule has 0 amide bonds. The molecule has 0 saturated carbocycles. The highest BCUT2D eigenvalue weighted by atomic mass is 32.2. The first-order chi connectivity index (χ1) is 11.7. The van der Waals surface area contributed by atoms with Crippen LogP contribution in [0.25, 0.3) is 0 Å². The largest absolute Gasteiger partial charge is 0.508 e. The molecule has 2 aromatic rings. The summed E-state index contributed by atoms with van der Waals surface area (Å²) in [5.41, 5.74) is 2.32. The van der Waals surface area contributed by atoms with Crippen molar-refractivity contribution >= 4 is 12.1 Å². The van der Waals surface area contributed by atoms with E-state index in [1.165, 1.54) is 0 Å². The van der Waals surface area contributed by atoms with Crippen molar-refractivity contribution in [3.05, 3.63) is 59.4 Å². The van der Waals surface area contributed by atoms with E-state index >= 15 is 0 Å². The minimum Gasteiger partial charge on any atom is -0.508 e. The number of aliphatic hydroxyl groups excluding tert-OH is 1. The molecule has 1 atom stereocenters. The van der Waals surface area contributed by atoms with Crippen LogP contribution in [-0.4, -0.2) is 34.2 Å². The van der Waals surface area contributed by atoms with E-state index in [-0.39, 0.29) is 42.8 Å². The number of phenols is 1. The van der Waals surface area contributed by atoms with Gasteiger partial charge in [-0.25, -0.2) is 0 Å². The summed E-state index contributed by atoms with van der Waals surface area (Å²) in [6.45, 7) is 0.493. The van der Waals surface area contributed by atoms with E-state index < -0.39 is 0 Å². The molecule has 0 spiro atoms. The van der Waals surface area contributed by atoms with E-state index in [1.807, 2.05) is 12.1 Å². The Bertz CT molecular complexity index is 680. The molecule has 0 fully saturated rings. The van der Waals surface area contributed by atoms with Gasteiger partial charge in [-0.1, -0.05) is 11.8 Å². The number of ether oxygens (including phenoxy) is 1. The average Bonchev–Trinajstić information content (AvgIpc) is 2.61. The van der Waals surface area contributed by atoms with Crippen LogP contribution in [0, 0.1) is 17.8 Å². The zero-order valence-corrected chi connectivity index (χ0v) is 13.8. The third kappa shape index (κ3) is 6.20. The van der Waals surface area contributed by atoms with Crippen LogP contribution in [0.1, 0.15) is 16.8 Å². The molecule has 0 aliphatic rings. The van der Waals surface area contributed by atoms with Crippen LogP contribution in [0.3, 0.4) is 0 Å². The minimum atomic E-state index is -0.213. The van der Waals surface area contributed by atoms with Crippen molar-refractivity contribution in [1.29, 1.82) is 0 Å². The van der Waals surface area contributed by atoms with Crippen LogP contribution < -0.4 is 0 Å². The maximum absolute atomic E-state index is 12.2. The molecule has 1 unspecified atom stereocenters. The van der Waals surface area contributed by atoms with Crippen molar-refractivity contribution in [2.45, 2.75) is 6.61 Å². The number of nitrogens with zero attached hydrogens (tertiary/aromatic N) is 1. The molecule has 2 N–H and O–H groups in total. The first-order valence-corrected chi connectivity index (χ1v) is 8.28. The lowest BCUT2D eigenvalue weighted by molar-refractivity contribution is 0.0694. The molecular formula is C18H18FNO3S. The molecule has 0 aliphatic heterocycles. The Morgan fingerprint density at radius 2 is 1.83 bits per heavy atom. The van der Waals surface area contributed by atoms with E-state index in [2.05, 4.69) is 16.8 Å². The molecule has 126 valence electrons. The molecule has 0 saturated heterocycles. The van der Waals surface area contributed by atoms with Crippen molar-refractivity contribution in [1.82, 2.24) is 4.98 Å². The third-order valence-corrected chi connectivity index (χ3v) is 3.80. The van der Waals surface area contributed by atoms with Crippen LogP contribution in [0.2, 0.25) is 0 Å². The Labute approximate surface area is 145 Å². The summed E-state index contributed by atoms with van der Waals surface area (Å²) >= 11 is 0.202. The van der Waals surface area contributed by atoms with Crippen molar-refractivity contribution in [2.24, 2.45) is 5.92 Å². The predicted octanol–water partition coefficient (Wildman–Crippen LogP) is 2.93. The molecule has 4 nitrogen and oxygen atoms in total. The maximum Gasteiger partial charge on any atom is 0.115 e. The Balaban J connectivity index is 1.86. The van der Waals surface area contributed by atoms with Gasteiger partial charge in [-0.3, -0.25) is 4.98 Å². The smallest absolute Gasteiger partial charge is 0.115 e. The number of halogens is 1. The van der Waals surface area contributed by atoms with E-state index in [9.17, 15) is 8.99 Å². The van der Waals surface area contributed by atoms with Crippen molar-refractivity contribution in [3.8, 4) is 17.6 Å². The summed E-state index contributed by atoms with van der Waals surface area (Å²) in [6, 6.07) is 10.3. The van der Waals surface area contributed by atoms with Gasteiger partial charge in [0.2, 0.25) is 0 Å². The second kappa shape index (κ2) is 9.93. The molecular weight excluding hydrogens is 329 g/mol. The zero-order chi connectivity index (χ0) is 17.2. The Hall–Kier alpha value is -2.07. The fraction of sp³-hybridized carbons (Fsp3) is 0.278. The third-order valence-electron chi connectivity index (χ3n) is 3.20. The number of benzene rings is 1. The summed E-state index contributed by atoms with van der Waals surface area (Å²) in [6.07, 6.45) is 1.66. The van der Waals surface area contributed by atoms with Gasteiger partial charge in [-0.05, 0) is 36.4 Å². The van der Waals surface area contributed by atoms with Gasteiger partial charge in [-0.2, -0.15) is 3.89 Å². The lowest BCUT2D eigenvalue weighted by Gasteiger charge is -2.11. The van der Waals surface area contributed by atoms with Crippen LogP contribution in [0.5, 0.6) is 5.75 Å². The van der Waals surface area contributed by atoms with Gasteiger partial charge in [0.15, 0.2) is 0 Å². The van der Waals surface area contributed by atoms with Crippen LogP contribution >= 0.6 is 12.1 Å². The summed E-state index contributed by atoms with van der Waals surface area (Å²) in [5, 5.41) is 18.3. The molecule has 1 heterocycles. The zero-order valence-electron chi connectivity index (χ0n) is 13.0. The number of aromatic hydroxyl groups is 1. The monoisotopic (exact) mass is 347 g/mol. The molecule has 0 radical (unpaired) electrons. The lowest BCUT2D eigenvalue weighted by Crippen LogP contribution is -2.16. The fourth-order valence-corrected chi connectivity index (χ4v) is 2.23. The second-order valence-electron chi connectivity index (χ2n) is 5.17. The van der Waals surface area contributed by atoms with E-state index in [4.69, 9.17) is 9.84 Å². The fourth-order valence-electron chi connectivity index (χ4n) is 1.85.